The molecule has 106 valence electrons. The van der Waals surface area contributed by atoms with E-state index in [1.165, 1.54) is 0 Å². The van der Waals surface area contributed by atoms with E-state index >= 15 is 0 Å². The number of hydrogen-bond donors (Lipinski definition) is 1. The fraction of sp³-hybridized carbons (Fsp3) is 0.125. The highest BCUT2D eigenvalue weighted by atomic mass is 35.5. The number of ether oxygens (including phenoxy) is 1. The SMILES string of the molecule is N#CCc1cc(Cl)ccc1NC(=O)OCc1ccccc1. The van der Waals surface area contributed by atoms with Crippen LogP contribution in [-0.2, 0) is 17.8 Å². The summed E-state index contributed by atoms with van der Waals surface area (Å²) in [6.45, 7) is 0.188. The van der Waals surface area contributed by atoms with Gasteiger partial charge in [0.1, 0.15) is 6.61 Å². The first-order valence-corrected chi connectivity index (χ1v) is 6.70. The molecule has 0 saturated carbocycles. The molecule has 1 amide bonds. The lowest BCUT2D eigenvalue weighted by molar-refractivity contribution is 0.155. The van der Waals surface area contributed by atoms with Crippen LogP contribution in [0.15, 0.2) is 48.5 Å². The monoisotopic (exact) mass is 300 g/mol. The Kier molecular flexibility index (Phi) is 5.19. The molecule has 21 heavy (non-hydrogen) atoms. The minimum absolute atomic E-state index is 0.162. The maximum absolute atomic E-state index is 11.8. The van der Waals surface area contributed by atoms with Gasteiger partial charge in [0.15, 0.2) is 0 Å². The Labute approximate surface area is 127 Å². The molecule has 0 spiro atoms. The third kappa shape index (κ3) is 4.51. The fourth-order valence-electron chi connectivity index (χ4n) is 1.78. The second kappa shape index (κ2) is 7.32. The van der Waals surface area contributed by atoms with Crippen LogP contribution in [-0.4, -0.2) is 6.09 Å². The molecule has 0 radical (unpaired) electrons. The number of carbonyl (C=O) groups excluding carboxylic acids is 1. The Morgan fingerprint density at radius 1 is 1.24 bits per heavy atom. The van der Waals surface area contributed by atoms with E-state index in [1.807, 2.05) is 36.4 Å². The van der Waals surface area contributed by atoms with Crippen molar-refractivity contribution in [1.29, 1.82) is 5.26 Å². The summed E-state index contributed by atoms with van der Waals surface area (Å²) in [5, 5.41) is 11.9. The molecular formula is C16H13ClN2O2. The number of nitriles is 1. The molecule has 0 aromatic heterocycles. The van der Waals surface area contributed by atoms with Crippen molar-refractivity contribution < 1.29 is 9.53 Å². The summed E-state index contributed by atoms with van der Waals surface area (Å²) in [5.74, 6) is 0. The van der Waals surface area contributed by atoms with E-state index in [2.05, 4.69) is 5.32 Å². The number of benzene rings is 2. The highest BCUT2D eigenvalue weighted by molar-refractivity contribution is 6.30. The lowest BCUT2D eigenvalue weighted by Crippen LogP contribution is -2.14. The lowest BCUT2D eigenvalue weighted by atomic mass is 10.1. The van der Waals surface area contributed by atoms with E-state index in [1.54, 1.807) is 18.2 Å². The molecule has 0 saturated heterocycles. The van der Waals surface area contributed by atoms with Gasteiger partial charge in [-0.15, -0.1) is 0 Å². The van der Waals surface area contributed by atoms with Crippen molar-refractivity contribution in [2.45, 2.75) is 13.0 Å². The van der Waals surface area contributed by atoms with Crippen molar-refractivity contribution in [1.82, 2.24) is 0 Å². The molecule has 0 aliphatic rings. The fourth-order valence-corrected chi connectivity index (χ4v) is 1.98. The topological polar surface area (TPSA) is 62.1 Å². The zero-order valence-electron chi connectivity index (χ0n) is 11.2. The lowest BCUT2D eigenvalue weighted by Gasteiger charge is -2.10. The molecule has 0 bridgehead atoms. The molecule has 1 N–H and O–H groups in total. The minimum Gasteiger partial charge on any atom is -0.444 e. The van der Waals surface area contributed by atoms with Crippen LogP contribution in [0, 0.1) is 11.3 Å². The van der Waals surface area contributed by atoms with Crippen LogP contribution < -0.4 is 5.32 Å². The summed E-state index contributed by atoms with van der Waals surface area (Å²) < 4.78 is 5.13. The molecule has 2 aromatic rings. The maximum atomic E-state index is 11.8. The Balaban J connectivity index is 1.98. The van der Waals surface area contributed by atoms with E-state index in [-0.39, 0.29) is 13.0 Å². The largest absolute Gasteiger partial charge is 0.444 e. The van der Waals surface area contributed by atoms with Gasteiger partial charge in [0.2, 0.25) is 0 Å². The van der Waals surface area contributed by atoms with E-state index in [9.17, 15) is 4.79 Å². The molecule has 0 atom stereocenters. The van der Waals surface area contributed by atoms with Crippen LogP contribution in [0.1, 0.15) is 11.1 Å². The zero-order chi connectivity index (χ0) is 15.1. The van der Waals surface area contributed by atoms with Crippen molar-refractivity contribution in [3.8, 4) is 6.07 Å². The molecule has 5 heteroatoms. The number of halogens is 1. The molecule has 4 nitrogen and oxygen atoms in total. The summed E-state index contributed by atoms with van der Waals surface area (Å²) in [6, 6.07) is 16.4. The summed E-state index contributed by atoms with van der Waals surface area (Å²) in [7, 11) is 0. The van der Waals surface area contributed by atoms with Gasteiger partial charge in [0, 0.05) is 10.7 Å². The van der Waals surface area contributed by atoms with Crippen molar-refractivity contribution in [3.63, 3.8) is 0 Å². The first-order chi connectivity index (χ1) is 10.2. The van der Waals surface area contributed by atoms with Crippen molar-refractivity contribution >= 4 is 23.4 Å². The number of nitrogens with one attached hydrogen (secondary N) is 1. The van der Waals surface area contributed by atoms with Crippen LogP contribution in [0.2, 0.25) is 5.02 Å². The predicted molar refractivity (Wildman–Crippen MR) is 81.0 cm³/mol. The third-order valence-corrected chi connectivity index (χ3v) is 3.02. The average molecular weight is 301 g/mol. The van der Waals surface area contributed by atoms with Gasteiger partial charge in [0.25, 0.3) is 0 Å². The average Bonchev–Trinajstić information content (AvgIpc) is 2.49. The van der Waals surface area contributed by atoms with Gasteiger partial charge in [-0.1, -0.05) is 41.9 Å². The van der Waals surface area contributed by atoms with Crippen LogP contribution in [0.3, 0.4) is 0 Å². The Bertz CT molecular complexity index is 666. The summed E-state index contributed by atoms with van der Waals surface area (Å²) in [4.78, 5) is 11.8. The summed E-state index contributed by atoms with van der Waals surface area (Å²) in [6.07, 6.45) is -0.408. The number of nitrogens with zero attached hydrogens (tertiary/aromatic N) is 1. The number of carbonyl (C=O) groups is 1. The highest BCUT2D eigenvalue weighted by Crippen LogP contribution is 2.21. The van der Waals surface area contributed by atoms with Crippen molar-refractivity contribution in [3.05, 3.63) is 64.7 Å². The van der Waals surface area contributed by atoms with E-state index in [0.29, 0.717) is 16.3 Å². The van der Waals surface area contributed by atoms with Crippen molar-refractivity contribution in [2.24, 2.45) is 0 Å². The van der Waals surface area contributed by atoms with Gasteiger partial charge < -0.3 is 4.74 Å². The zero-order valence-corrected chi connectivity index (χ0v) is 11.9. The van der Waals surface area contributed by atoms with Crippen LogP contribution >= 0.6 is 11.6 Å². The first-order valence-electron chi connectivity index (χ1n) is 6.32. The molecule has 2 aromatic carbocycles. The molecular weight excluding hydrogens is 288 g/mol. The molecule has 0 aliphatic carbocycles. The normalized spacial score (nSPS) is 9.71. The van der Waals surface area contributed by atoms with Gasteiger partial charge in [-0.3, -0.25) is 5.32 Å². The number of rotatable bonds is 4. The van der Waals surface area contributed by atoms with Gasteiger partial charge in [-0.05, 0) is 29.3 Å². The summed E-state index contributed by atoms with van der Waals surface area (Å²) in [5.41, 5.74) is 2.08. The molecule has 2 rings (SSSR count). The van der Waals surface area contributed by atoms with E-state index in [0.717, 1.165) is 5.56 Å². The van der Waals surface area contributed by atoms with Gasteiger partial charge in [-0.25, -0.2) is 4.79 Å². The number of anilines is 1. The van der Waals surface area contributed by atoms with Crippen LogP contribution in [0.4, 0.5) is 10.5 Å². The van der Waals surface area contributed by atoms with E-state index in [4.69, 9.17) is 21.6 Å². The molecule has 0 heterocycles. The van der Waals surface area contributed by atoms with Crippen molar-refractivity contribution in [2.75, 3.05) is 5.32 Å². The molecule has 0 aliphatic heterocycles. The Morgan fingerprint density at radius 2 is 2.00 bits per heavy atom. The van der Waals surface area contributed by atoms with Crippen LogP contribution in [0.5, 0.6) is 0 Å². The third-order valence-electron chi connectivity index (χ3n) is 2.79. The predicted octanol–water partition coefficient (Wildman–Crippen LogP) is 4.15. The smallest absolute Gasteiger partial charge is 0.411 e. The second-order valence-corrected chi connectivity index (χ2v) is 4.76. The number of hydrogen-bond acceptors (Lipinski definition) is 3. The Hall–Kier alpha value is -2.51. The second-order valence-electron chi connectivity index (χ2n) is 4.32. The van der Waals surface area contributed by atoms with Gasteiger partial charge in [0.05, 0.1) is 12.5 Å². The van der Waals surface area contributed by atoms with Gasteiger partial charge >= 0.3 is 6.09 Å². The minimum atomic E-state index is -0.569. The Morgan fingerprint density at radius 3 is 2.71 bits per heavy atom. The number of amides is 1. The summed E-state index contributed by atoms with van der Waals surface area (Å²) >= 11 is 5.88. The quantitative estimate of drug-likeness (QED) is 0.922. The molecule has 0 unspecified atom stereocenters. The first kappa shape index (κ1) is 14.9. The molecule has 0 fully saturated rings. The van der Waals surface area contributed by atoms with Gasteiger partial charge in [-0.2, -0.15) is 5.26 Å². The van der Waals surface area contributed by atoms with E-state index < -0.39 is 6.09 Å². The highest BCUT2D eigenvalue weighted by Gasteiger charge is 2.08. The van der Waals surface area contributed by atoms with Crippen LogP contribution in [0.25, 0.3) is 0 Å². The maximum Gasteiger partial charge on any atom is 0.411 e. The standard InChI is InChI=1S/C16H13ClN2O2/c17-14-6-7-15(13(10-14)8-9-18)19-16(20)21-11-12-4-2-1-3-5-12/h1-7,10H,8,11H2,(H,19,20).